The Balaban J connectivity index is 1.48. The van der Waals surface area contributed by atoms with Crippen molar-refractivity contribution in [3.8, 4) is 34.0 Å². The summed E-state index contributed by atoms with van der Waals surface area (Å²) in [4.78, 5) is 12.3. The number of nitrogens with one attached hydrogen (secondary N) is 2. The number of ether oxygens (including phenoxy) is 2. The Hall–Kier alpha value is -3.45. The van der Waals surface area contributed by atoms with Gasteiger partial charge in [-0.25, -0.2) is 9.37 Å². The minimum Gasteiger partial charge on any atom is -0.494 e. The van der Waals surface area contributed by atoms with Gasteiger partial charge in [-0.3, -0.25) is 4.98 Å². The van der Waals surface area contributed by atoms with E-state index in [1.165, 1.54) is 13.2 Å². The maximum atomic E-state index is 14.2. The zero-order chi connectivity index (χ0) is 21.2. The fourth-order valence-corrected chi connectivity index (χ4v) is 3.98. The molecule has 0 aliphatic carbocycles. The molecule has 0 radical (unpaired) electrons. The molecule has 2 aromatic carbocycles. The second-order valence-electron chi connectivity index (χ2n) is 7.64. The Morgan fingerprint density at radius 3 is 2.77 bits per heavy atom. The molecule has 0 spiro atoms. The highest BCUT2D eigenvalue weighted by Gasteiger charge is 2.16. The molecule has 7 heteroatoms. The van der Waals surface area contributed by atoms with Crippen molar-refractivity contribution in [3.63, 3.8) is 0 Å². The third-order valence-electron chi connectivity index (χ3n) is 5.59. The van der Waals surface area contributed by atoms with Crippen molar-refractivity contribution in [1.29, 1.82) is 0 Å². The molecule has 0 amide bonds. The van der Waals surface area contributed by atoms with E-state index in [2.05, 4.69) is 20.3 Å². The van der Waals surface area contributed by atoms with Crippen molar-refractivity contribution >= 4 is 10.9 Å². The van der Waals surface area contributed by atoms with Crippen LogP contribution in [0, 0.1) is 5.82 Å². The lowest BCUT2D eigenvalue weighted by atomic mass is 10.0. The van der Waals surface area contributed by atoms with Crippen LogP contribution < -0.4 is 14.8 Å². The van der Waals surface area contributed by atoms with Crippen LogP contribution >= 0.6 is 0 Å². The van der Waals surface area contributed by atoms with Crippen molar-refractivity contribution in [1.82, 2.24) is 20.3 Å². The summed E-state index contributed by atoms with van der Waals surface area (Å²) in [6, 6.07) is 11.0. The zero-order valence-corrected chi connectivity index (χ0v) is 17.2. The molecule has 1 aliphatic rings. The monoisotopic (exact) mass is 418 g/mol. The average Bonchev–Trinajstić information content (AvgIpc) is 3.23. The largest absolute Gasteiger partial charge is 0.494 e. The van der Waals surface area contributed by atoms with Crippen LogP contribution in [0.4, 0.5) is 4.39 Å². The summed E-state index contributed by atoms with van der Waals surface area (Å²) in [5, 5.41) is 4.33. The van der Waals surface area contributed by atoms with Gasteiger partial charge in [0.05, 0.1) is 25.2 Å². The molecule has 1 aliphatic heterocycles. The topological polar surface area (TPSA) is 72.1 Å². The number of piperidine rings is 1. The van der Waals surface area contributed by atoms with E-state index in [0.29, 0.717) is 5.88 Å². The molecule has 0 saturated carbocycles. The molecular weight excluding hydrogens is 395 g/mol. The Kier molecular flexibility index (Phi) is 5.26. The van der Waals surface area contributed by atoms with Crippen molar-refractivity contribution in [3.05, 3.63) is 60.8 Å². The van der Waals surface area contributed by atoms with Gasteiger partial charge in [-0.05, 0) is 54.8 Å². The number of aromatic nitrogens is 3. The second-order valence-corrected chi connectivity index (χ2v) is 7.64. The summed E-state index contributed by atoms with van der Waals surface area (Å²) in [5.41, 5.74) is 4.30. The van der Waals surface area contributed by atoms with Gasteiger partial charge in [-0.15, -0.1) is 0 Å². The summed E-state index contributed by atoms with van der Waals surface area (Å²) in [6.07, 6.45) is 7.51. The number of hydrogen-bond acceptors (Lipinski definition) is 5. The van der Waals surface area contributed by atoms with E-state index in [4.69, 9.17) is 9.47 Å². The van der Waals surface area contributed by atoms with Gasteiger partial charge in [0.1, 0.15) is 6.10 Å². The summed E-state index contributed by atoms with van der Waals surface area (Å²) in [6.45, 7) is 1.85. The fourth-order valence-electron chi connectivity index (χ4n) is 3.98. The third kappa shape index (κ3) is 3.96. The SMILES string of the molecule is COc1ccc(-c2ccc3[nH]cc(-c4cncc(O[C@@H]5CCCNC5)n4)c3c2)cc1F. The normalized spacial score (nSPS) is 16.4. The van der Waals surface area contributed by atoms with Gasteiger partial charge >= 0.3 is 0 Å². The second kappa shape index (κ2) is 8.35. The van der Waals surface area contributed by atoms with E-state index in [1.807, 2.05) is 30.5 Å². The first-order valence-electron chi connectivity index (χ1n) is 10.4. The molecule has 2 N–H and O–H groups in total. The van der Waals surface area contributed by atoms with Crippen LogP contribution in [0.15, 0.2) is 55.0 Å². The summed E-state index contributed by atoms with van der Waals surface area (Å²) in [5.74, 6) is 0.364. The first-order chi connectivity index (χ1) is 15.2. The molecule has 5 rings (SSSR count). The van der Waals surface area contributed by atoms with Gasteiger partial charge in [-0.2, -0.15) is 0 Å². The number of methoxy groups -OCH3 is 1. The highest BCUT2D eigenvalue weighted by atomic mass is 19.1. The van der Waals surface area contributed by atoms with Crippen LogP contribution in [0.3, 0.4) is 0 Å². The number of H-pyrrole nitrogens is 1. The smallest absolute Gasteiger partial charge is 0.233 e. The van der Waals surface area contributed by atoms with E-state index in [9.17, 15) is 4.39 Å². The highest BCUT2D eigenvalue weighted by molar-refractivity contribution is 5.97. The van der Waals surface area contributed by atoms with Crippen LogP contribution in [0.2, 0.25) is 0 Å². The molecule has 1 fully saturated rings. The van der Waals surface area contributed by atoms with Gasteiger partial charge in [0, 0.05) is 29.2 Å². The van der Waals surface area contributed by atoms with E-state index in [1.54, 1.807) is 18.5 Å². The summed E-state index contributed by atoms with van der Waals surface area (Å²) < 4.78 is 25.3. The molecule has 158 valence electrons. The van der Waals surface area contributed by atoms with Crippen LogP contribution in [-0.2, 0) is 0 Å². The minimum absolute atomic E-state index is 0.109. The zero-order valence-electron chi connectivity index (χ0n) is 17.2. The Morgan fingerprint density at radius 2 is 1.97 bits per heavy atom. The standard InChI is InChI=1S/C24H23FN4O2/c1-30-23-7-5-16(10-20(23)25)15-4-6-21-18(9-15)19(12-28-21)22-13-27-14-24(29-22)31-17-3-2-8-26-11-17/h4-7,9-10,12-14,17,26,28H,2-3,8,11H2,1H3/t17-/m1/s1. The molecule has 31 heavy (non-hydrogen) atoms. The number of benzene rings is 2. The van der Waals surface area contributed by atoms with Crippen LogP contribution in [0.25, 0.3) is 33.3 Å². The predicted molar refractivity (Wildman–Crippen MR) is 118 cm³/mol. The van der Waals surface area contributed by atoms with E-state index in [-0.39, 0.29) is 17.7 Å². The van der Waals surface area contributed by atoms with Crippen molar-refractivity contribution in [2.45, 2.75) is 18.9 Å². The van der Waals surface area contributed by atoms with Gasteiger partial charge in [-0.1, -0.05) is 12.1 Å². The first-order valence-corrected chi connectivity index (χ1v) is 10.4. The summed E-state index contributed by atoms with van der Waals surface area (Å²) in [7, 11) is 1.46. The molecule has 1 saturated heterocycles. The van der Waals surface area contributed by atoms with Crippen LogP contribution in [0.5, 0.6) is 11.6 Å². The van der Waals surface area contributed by atoms with Crippen LogP contribution in [-0.4, -0.2) is 41.3 Å². The lowest BCUT2D eigenvalue weighted by Crippen LogP contribution is -2.37. The Bertz CT molecular complexity index is 1220. The fraction of sp³-hybridized carbons (Fsp3) is 0.250. The van der Waals surface area contributed by atoms with E-state index >= 15 is 0 Å². The predicted octanol–water partition coefficient (Wildman–Crippen LogP) is 4.57. The Morgan fingerprint density at radius 1 is 1.10 bits per heavy atom. The third-order valence-corrected chi connectivity index (χ3v) is 5.59. The number of nitrogens with zero attached hydrogens (tertiary/aromatic N) is 2. The highest BCUT2D eigenvalue weighted by Crippen LogP contribution is 2.33. The van der Waals surface area contributed by atoms with Gasteiger partial charge in [0.15, 0.2) is 11.6 Å². The van der Waals surface area contributed by atoms with Crippen molar-refractivity contribution in [2.75, 3.05) is 20.2 Å². The van der Waals surface area contributed by atoms with Crippen LogP contribution in [0.1, 0.15) is 12.8 Å². The molecule has 0 unspecified atom stereocenters. The molecule has 0 bridgehead atoms. The lowest BCUT2D eigenvalue weighted by Gasteiger charge is -2.23. The first kappa shape index (κ1) is 19.5. The van der Waals surface area contributed by atoms with E-state index < -0.39 is 0 Å². The molecule has 4 aromatic rings. The van der Waals surface area contributed by atoms with Gasteiger partial charge in [0.2, 0.25) is 5.88 Å². The molecule has 3 heterocycles. The maximum absolute atomic E-state index is 14.2. The molecule has 6 nitrogen and oxygen atoms in total. The van der Waals surface area contributed by atoms with Crippen molar-refractivity contribution in [2.24, 2.45) is 0 Å². The van der Waals surface area contributed by atoms with Gasteiger partial charge in [0.25, 0.3) is 0 Å². The summed E-state index contributed by atoms with van der Waals surface area (Å²) >= 11 is 0. The number of rotatable bonds is 5. The molecule has 2 aromatic heterocycles. The quantitative estimate of drug-likeness (QED) is 0.497. The molecule has 1 atom stereocenters. The average molecular weight is 418 g/mol. The lowest BCUT2D eigenvalue weighted by molar-refractivity contribution is 0.160. The molecular formula is C24H23FN4O2. The Labute approximate surface area is 179 Å². The number of fused-ring (bicyclic) bond motifs is 1. The number of hydrogen-bond donors (Lipinski definition) is 2. The number of aromatic amines is 1. The number of halogens is 1. The van der Waals surface area contributed by atoms with E-state index in [0.717, 1.165) is 59.2 Å². The van der Waals surface area contributed by atoms with Crippen molar-refractivity contribution < 1.29 is 13.9 Å². The van der Waals surface area contributed by atoms with Gasteiger partial charge < -0.3 is 19.8 Å². The maximum Gasteiger partial charge on any atom is 0.233 e. The minimum atomic E-state index is -0.387.